The molecular formula is C85H47N9OS. The highest BCUT2D eigenvalue weighted by molar-refractivity contribution is 7.99. The Morgan fingerprint density at radius 1 is 0.365 bits per heavy atom. The van der Waals surface area contributed by atoms with Gasteiger partial charge in [-0.3, -0.25) is 9.97 Å². The molecule has 1 atom stereocenters. The number of benzene rings is 12. The highest BCUT2D eigenvalue weighted by Crippen LogP contribution is 2.63. The Labute approximate surface area is 553 Å². The molecule has 0 saturated carbocycles. The predicted octanol–water partition coefficient (Wildman–Crippen LogP) is 21.7. The van der Waals surface area contributed by atoms with Crippen LogP contribution in [-0.4, -0.2) is 28.2 Å². The number of aromatic nitrogens is 6. The van der Waals surface area contributed by atoms with Gasteiger partial charge >= 0.3 is 0 Å². The van der Waals surface area contributed by atoms with Gasteiger partial charge in [-0.25, -0.2) is 4.85 Å². The van der Waals surface area contributed by atoms with Crippen molar-refractivity contribution in [1.29, 1.82) is 5.26 Å². The lowest BCUT2D eigenvalue weighted by Gasteiger charge is -2.39. The number of anilines is 3. The summed E-state index contributed by atoms with van der Waals surface area (Å²) in [4.78, 5) is 19.8. The van der Waals surface area contributed by atoms with E-state index in [2.05, 4.69) is 283 Å². The van der Waals surface area contributed by atoms with Gasteiger partial charge in [-0.1, -0.05) is 145 Å². The summed E-state index contributed by atoms with van der Waals surface area (Å²) in [6.45, 7) is 8.04. The van der Waals surface area contributed by atoms with Crippen LogP contribution in [0.5, 0.6) is 11.5 Å². The molecule has 0 fully saturated rings. The number of hydrogen-bond donors (Lipinski definition) is 0. The van der Waals surface area contributed by atoms with Crippen molar-refractivity contribution in [1.82, 2.24) is 28.2 Å². The molecule has 1 unspecified atom stereocenters. The first-order valence-corrected chi connectivity index (χ1v) is 32.8. The van der Waals surface area contributed by atoms with Crippen molar-refractivity contribution in [3.05, 3.63) is 325 Å². The minimum Gasteiger partial charge on any atom is -0.457 e. The van der Waals surface area contributed by atoms with Crippen molar-refractivity contribution in [3.8, 4) is 51.7 Å². The van der Waals surface area contributed by atoms with Crippen LogP contribution >= 0.6 is 11.8 Å². The second kappa shape index (κ2) is 19.6. The van der Waals surface area contributed by atoms with E-state index in [9.17, 15) is 5.26 Å². The second-order valence-corrected chi connectivity index (χ2v) is 26.1. The Kier molecular flexibility index (Phi) is 10.7. The smallest absolute Gasteiger partial charge is 0.188 e. The molecule has 2 aliphatic heterocycles. The fraction of sp³-hybridized carbons (Fsp3) is 0.0118. The van der Waals surface area contributed by atoms with Crippen molar-refractivity contribution >= 4 is 122 Å². The fourth-order valence-corrected chi connectivity index (χ4v) is 17.4. The van der Waals surface area contributed by atoms with Crippen LogP contribution in [0.1, 0.15) is 27.8 Å². The number of nitriles is 1. The van der Waals surface area contributed by atoms with E-state index in [-0.39, 0.29) is 0 Å². The number of rotatable bonds is 5. The summed E-state index contributed by atoms with van der Waals surface area (Å²) in [5.41, 5.74) is 20.6. The first-order chi connectivity index (χ1) is 47.5. The van der Waals surface area contributed by atoms with Crippen LogP contribution < -0.4 is 9.64 Å². The maximum atomic E-state index is 10.5. The summed E-state index contributed by atoms with van der Waals surface area (Å²) >= 11 is 1.79. The third-order valence-electron chi connectivity index (χ3n) is 20.3. The minimum absolute atomic E-state index is 0.581. The molecule has 0 N–H and O–H groups in total. The van der Waals surface area contributed by atoms with E-state index in [1.54, 1.807) is 11.8 Å². The molecule has 0 amide bonds. The molecule has 12 aromatic carbocycles. The van der Waals surface area contributed by atoms with E-state index in [1.807, 2.05) is 36.7 Å². The van der Waals surface area contributed by atoms with E-state index >= 15 is 0 Å². The zero-order valence-electron chi connectivity index (χ0n) is 51.0. The van der Waals surface area contributed by atoms with Crippen molar-refractivity contribution in [2.45, 2.75) is 15.2 Å². The lowest BCUT2D eigenvalue weighted by atomic mass is 9.66. The summed E-state index contributed by atoms with van der Waals surface area (Å²) in [6, 6.07) is 99.5. The molecular weight excluding hydrogens is 1200 g/mol. The minimum atomic E-state index is -1.09. The van der Waals surface area contributed by atoms with Crippen molar-refractivity contribution in [2.24, 2.45) is 0 Å². The number of hydrogen-bond acceptors (Lipinski definition) is 6. The molecule has 18 aromatic rings. The Morgan fingerprint density at radius 3 is 1.25 bits per heavy atom. The molecule has 8 heterocycles. The number of pyridine rings is 2. The SMILES string of the molecule is [C-]#[N+]c1ccc2c(c1)c1ccccc1n2-c1cnc2c(c1)C1(c3ccc(-n4c5ccccc5c5ccccc54)cc3Oc3cc(-n4c5ccc(C#N)cc5c5cc(N6c7ccccc7Sc7ccccc76)ccc54)ccc31)c1cc(-n3c4ccccc4c4ccccc43)cnc1-2. The Bertz CT molecular complexity index is 6460. The quantitative estimate of drug-likeness (QED) is 0.160. The normalized spacial score (nSPS) is 14.3. The summed E-state index contributed by atoms with van der Waals surface area (Å²) in [5, 5.41) is 19.2. The molecule has 21 rings (SSSR count). The fourth-order valence-electron chi connectivity index (χ4n) is 16.4. The molecule has 1 spiro atoms. The predicted molar refractivity (Wildman–Crippen MR) is 387 cm³/mol. The number of para-hydroxylation sites is 7. The number of ether oxygens (including phenoxy) is 1. The van der Waals surface area contributed by atoms with E-state index in [1.165, 1.54) is 20.6 Å². The van der Waals surface area contributed by atoms with Crippen LogP contribution in [0.3, 0.4) is 0 Å². The average Bonchev–Trinajstić information content (AvgIpc) is 1.49. The highest BCUT2D eigenvalue weighted by Gasteiger charge is 2.53. The molecule has 444 valence electrons. The van der Waals surface area contributed by atoms with Gasteiger partial charge in [0.1, 0.15) is 11.5 Å². The third-order valence-corrected chi connectivity index (χ3v) is 21.4. The van der Waals surface area contributed by atoms with Gasteiger partial charge in [0, 0.05) is 98.9 Å². The maximum absolute atomic E-state index is 10.5. The zero-order chi connectivity index (χ0) is 63.1. The summed E-state index contributed by atoms with van der Waals surface area (Å²) in [5.74, 6) is 1.37. The van der Waals surface area contributed by atoms with Gasteiger partial charge in [0.15, 0.2) is 5.69 Å². The molecule has 0 radical (unpaired) electrons. The molecule has 0 bridgehead atoms. The Hall–Kier alpha value is -12.9. The zero-order valence-corrected chi connectivity index (χ0v) is 51.8. The average molecular weight is 1240 g/mol. The second-order valence-electron chi connectivity index (χ2n) is 25.1. The standard InChI is InChI=1S/C85H47N9OS/c1-87-51-31-38-75-63(41-51)61-20-6-11-25-73(61)94(75)56-44-68-84(89-49-56)83-67(43-55(48-88-83)93-71-23-9-4-18-59(71)60-19-5-10-24-72(60)93)85(68)65-35-32-53(90-69-21-7-2-16-57(69)58-17-3-8-22-70(58)90)45-79(65)95-80-46-54(33-36-66(80)85)91-74-37-30-50(47-86)40-62(74)64-42-52(34-39-76(64)91)92-77-26-12-14-28-81(77)96-82-29-15-13-27-78(82)92/h2-46,48-49H. The van der Waals surface area contributed by atoms with Crippen LogP contribution in [0.4, 0.5) is 22.7 Å². The first-order valence-electron chi connectivity index (χ1n) is 32.0. The van der Waals surface area contributed by atoms with E-state index < -0.39 is 5.41 Å². The van der Waals surface area contributed by atoms with Gasteiger partial charge in [-0.15, -0.1) is 0 Å². The van der Waals surface area contributed by atoms with E-state index in [0.29, 0.717) is 22.7 Å². The summed E-state index contributed by atoms with van der Waals surface area (Å²) < 4.78 is 17.1. The van der Waals surface area contributed by atoms with Gasteiger partial charge < -0.3 is 27.9 Å². The maximum Gasteiger partial charge on any atom is 0.188 e. The van der Waals surface area contributed by atoms with Crippen LogP contribution in [0.25, 0.3) is 126 Å². The van der Waals surface area contributed by atoms with Gasteiger partial charge in [0.05, 0.1) is 114 Å². The van der Waals surface area contributed by atoms with Gasteiger partial charge in [0.25, 0.3) is 0 Å². The van der Waals surface area contributed by atoms with Crippen molar-refractivity contribution in [2.75, 3.05) is 4.90 Å². The molecule has 0 saturated heterocycles. The van der Waals surface area contributed by atoms with Gasteiger partial charge in [-0.05, 0) is 133 Å². The third kappa shape index (κ3) is 7.07. The van der Waals surface area contributed by atoms with E-state index in [4.69, 9.17) is 21.3 Å². The number of fused-ring (bicyclic) bond motifs is 23. The molecule has 11 heteroatoms. The van der Waals surface area contributed by atoms with Crippen molar-refractivity contribution in [3.63, 3.8) is 0 Å². The summed E-state index contributed by atoms with van der Waals surface area (Å²) in [7, 11) is 0. The number of nitrogens with zero attached hydrogens (tertiary/aromatic N) is 9. The largest absolute Gasteiger partial charge is 0.457 e. The Morgan fingerprint density at radius 2 is 0.760 bits per heavy atom. The van der Waals surface area contributed by atoms with Crippen LogP contribution in [-0.2, 0) is 5.41 Å². The molecule has 3 aliphatic rings. The Balaban J connectivity index is 0.852. The summed E-state index contributed by atoms with van der Waals surface area (Å²) in [6.07, 6.45) is 4.00. The lowest BCUT2D eigenvalue weighted by molar-refractivity contribution is 0.436. The van der Waals surface area contributed by atoms with E-state index in [0.717, 1.165) is 150 Å². The molecule has 6 aromatic heterocycles. The first kappa shape index (κ1) is 52.7. The van der Waals surface area contributed by atoms with Gasteiger partial charge in [0.2, 0.25) is 0 Å². The van der Waals surface area contributed by atoms with Crippen LogP contribution in [0.2, 0.25) is 0 Å². The van der Waals surface area contributed by atoms with Gasteiger partial charge in [-0.2, -0.15) is 5.26 Å². The highest BCUT2D eigenvalue weighted by atomic mass is 32.2. The molecule has 96 heavy (non-hydrogen) atoms. The van der Waals surface area contributed by atoms with Crippen LogP contribution in [0.15, 0.2) is 295 Å². The molecule has 1 aliphatic carbocycles. The molecule has 10 nitrogen and oxygen atoms in total. The van der Waals surface area contributed by atoms with Crippen molar-refractivity contribution < 1.29 is 4.74 Å². The monoisotopic (exact) mass is 1240 g/mol. The van der Waals surface area contributed by atoms with Crippen LogP contribution in [0, 0.1) is 17.9 Å². The lowest BCUT2D eigenvalue weighted by Crippen LogP contribution is -2.32. The topological polar surface area (TPSA) is 86.1 Å².